The van der Waals surface area contributed by atoms with E-state index in [1.807, 2.05) is 42.5 Å². The van der Waals surface area contributed by atoms with Crippen LogP contribution >= 0.6 is 0 Å². The summed E-state index contributed by atoms with van der Waals surface area (Å²) in [6, 6.07) is 19.2. The molecule has 0 saturated carbocycles. The highest BCUT2D eigenvalue weighted by Gasteiger charge is 2.28. The number of nitrogens with zero attached hydrogens (tertiary/aromatic N) is 1. The van der Waals surface area contributed by atoms with Gasteiger partial charge in [0.1, 0.15) is 5.75 Å². The Kier molecular flexibility index (Phi) is 8.25. The van der Waals surface area contributed by atoms with Gasteiger partial charge >= 0.3 is 0 Å². The summed E-state index contributed by atoms with van der Waals surface area (Å²) < 4.78 is 16.3. The quantitative estimate of drug-likeness (QED) is 0.396. The summed E-state index contributed by atoms with van der Waals surface area (Å²) in [5.41, 5.74) is 4.37. The first-order chi connectivity index (χ1) is 18.2. The van der Waals surface area contributed by atoms with Gasteiger partial charge in [0, 0.05) is 12.1 Å². The minimum absolute atomic E-state index is 0.000159. The molecular weight excluding hydrogens is 480 g/mol. The van der Waals surface area contributed by atoms with Gasteiger partial charge in [-0.2, -0.15) is 0 Å². The molecule has 3 aromatic carbocycles. The van der Waals surface area contributed by atoms with Crippen LogP contribution < -0.4 is 24.4 Å². The molecular formula is C31H36N2O5. The molecule has 0 radical (unpaired) electrons. The van der Waals surface area contributed by atoms with Crippen LogP contribution in [-0.2, 0) is 23.2 Å². The molecule has 1 heterocycles. The predicted molar refractivity (Wildman–Crippen MR) is 148 cm³/mol. The Bertz CT molecular complexity index is 1320. The highest BCUT2D eigenvalue weighted by Crippen LogP contribution is 2.38. The molecule has 0 atom stereocenters. The van der Waals surface area contributed by atoms with Crippen molar-refractivity contribution < 1.29 is 23.8 Å². The molecule has 0 aliphatic carbocycles. The summed E-state index contributed by atoms with van der Waals surface area (Å²) in [4.78, 5) is 27.5. The van der Waals surface area contributed by atoms with Crippen molar-refractivity contribution in [3.05, 3.63) is 82.9 Å². The lowest BCUT2D eigenvalue weighted by Gasteiger charge is -2.32. The first-order valence-corrected chi connectivity index (χ1v) is 12.9. The highest BCUT2D eigenvalue weighted by molar-refractivity contribution is 5.98. The molecule has 3 aromatic rings. The molecule has 0 fully saturated rings. The van der Waals surface area contributed by atoms with E-state index in [4.69, 9.17) is 14.2 Å². The minimum atomic E-state index is -0.159. The molecule has 7 nitrogen and oxygen atoms in total. The van der Waals surface area contributed by atoms with Gasteiger partial charge in [-0.3, -0.25) is 9.59 Å². The number of anilines is 1. The standard InChI is InChI=1S/C31H36N2O5/c1-6-31(2,3)24-11-13-26-25(18-24)33(29(34)20-38-26)19-22-8-7-9-23(16-22)30(35)32-15-14-21-10-12-27(36-4)28(17-21)37-5/h7-13,16-18H,6,14-15,19-20H2,1-5H3,(H,32,35). The van der Waals surface area contributed by atoms with E-state index in [1.165, 1.54) is 0 Å². The van der Waals surface area contributed by atoms with Crippen LogP contribution in [0.3, 0.4) is 0 Å². The molecule has 2 amide bonds. The van der Waals surface area contributed by atoms with Crippen LogP contribution in [-0.4, -0.2) is 39.2 Å². The van der Waals surface area contributed by atoms with Crippen molar-refractivity contribution in [3.8, 4) is 17.2 Å². The average Bonchev–Trinajstić information content (AvgIpc) is 2.94. The van der Waals surface area contributed by atoms with E-state index in [2.05, 4.69) is 38.2 Å². The fourth-order valence-corrected chi connectivity index (χ4v) is 4.45. The normalized spacial score (nSPS) is 13.0. The van der Waals surface area contributed by atoms with Crippen LogP contribution in [0.25, 0.3) is 0 Å². The number of methoxy groups -OCH3 is 2. The van der Waals surface area contributed by atoms with Gasteiger partial charge in [0.15, 0.2) is 18.1 Å². The number of carbonyl (C=O) groups is 2. The van der Waals surface area contributed by atoms with Gasteiger partial charge in [-0.25, -0.2) is 0 Å². The molecule has 1 aliphatic heterocycles. The van der Waals surface area contributed by atoms with Crippen LogP contribution in [0.1, 0.15) is 54.2 Å². The zero-order chi connectivity index (χ0) is 27.3. The van der Waals surface area contributed by atoms with E-state index in [1.54, 1.807) is 25.2 Å². The summed E-state index contributed by atoms with van der Waals surface area (Å²) in [6.07, 6.45) is 1.63. The number of rotatable bonds is 10. The number of hydrogen-bond acceptors (Lipinski definition) is 5. The average molecular weight is 517 g/mol. The van der Waals surface area contributed by atoms with E-state index in [0.717, 1.165) is 28.8 Å². The Labute approximate surface area is 224 Å². The Hall–Kier alpha value is -4.00. The highest BCUT2D eigenvalue weighted by atomic mass is 16.5. The molecule has 0 spiro atoms. The summed E-state index contributed by atoms with van der Waals surface area (Å²) in [7, 11) is 3.20. The van der Waals surface area contributed by atoms with Crippen LogP contribution in [0, 0.1) is 0 Å². The summed E-state index contributed by atoms with van der Waals surface area (Å²) in [6.45, 7) is 7.38. The van der Waals surface area contributed by atoms with Gasteiger partial charge < -0.3 is 24.4 Å². The molecule has 0 bridgehead atoms. The lowest BCUT2D eigenvalue weighted by atomic mass is 9.82. The van der Waals surface area contributed by atoms with Gasteiger partial charge in [0.05, 0.1) is 26.5 Å². The van der Waals surface area contributed by atoms with Crippen molar-refractivity contribution in [2.24, 2.45) is 0 Å². The molecule has 200 valence electrons. The van der Waals surface area contributed by atoms with Gasteiger partial charge in [0.25, 0.3) is 11.8 Å². The third-order valence-corrected chi connectivity index (χ3v) is 7.24. The third kappa shape index (κ3) is 5.93. The van der Waals surface area contributed by atoms with E-state index < -0.39 is 0 Å². The van der Waals surface area contributed by atoms with Gasteiger partial charge in [-0.1, -0.05) is 45.0 Å². The Morgan fingerprint density at radius 2 is 1.79 bits per heavy atom. The summed E-state index contributed by atoms with van der Waals surface area (Å²) in [5, 5.41) is 2.99. The van der Waals surface area contributed by atoms with E-state index in [0.29, 0.717) is 42.3 Å². The molecule has 7 heteroatoms. The van der Waals surface area contributed by atoms with Crippen molar-refractivity contribution in [1.29, 1.82) is 0 Å². The van der Waals surface area contributed by atoms with Gasteiger partial charge in [-0.15, -0.1) is 0 Å². The number of ether oxygens (including phenoxy) is 3. The largest absolute Gasteiger partial charge is 0.493 e. The Balaban J connectivity index is 1.45. The Morgan fingerprint density at radius 1 is 1.00 bits per heavy atom. The fourth-order valence-electron chi connectivity index (χ4n) is 4.45. The molecule has 38 heavy (non-hydrogen) atoms. The maximum absolute atomic E-state index is 12.9. The second kappa shape index (κ2) is 11.6. The monoisotopic (exact) mass is 516 g/mol. The molecule has 1 aliphatic rings. The maximum Gasteiger partial charge on any atom is 0.265 e. The Morgan fingerprint density at radius 3 is 2.53 bits per heavy atom. The lowest BCUT2D eigenvalue weighted by Crippen LogP contribution is -2.38. The predicted octanol–water partition coefficient (Wildman–Crippen LogP) is 5.29. The minimum Gasteiger partial charge on any atom is -0.493 e. The van der Waals surface area contributed by atoms with Crippen LogP contribution in [0.15, 0.2) is 60.7 Å². The first-order valence-electron chi connectivity index (χ1n) is 12.9. The van der Waals surface area contributed by atoms with Crippen molar-refractivity contribution in [3.63, 3.8) is 0 Å². The third-order valence-electron chi connectivity index (χ3n) is 7.24. The van der Waals surface area contributed by atoms with Gasteiger partial charge in [-0.05, 0) is 71.3 Å². The van der Waals surface area contributed by atoms with E-state index >= 15 is 0 Å². The molecule has 0 saturated heterocycles. The van der Waals surface area contributed by atoms with E-state index in [-0.39, 0.29) is 23.8 Å². The molecule has 0 unspecified atom stereocenters. The zero-order valence-corrected chi connectivity index (χ0v) is 22.8. The second-order valence-corrected chi connectivity index (χ2v) is 10.1. The fraction of sp³-hybridized carbons (Fsp3) is 0.355. The van der Waals surface area contributed by atoms with Crippen LogP contribution in [0.4, 0.5) is 5.69 Å². The van der Waals surface area contributed by atoms with Gasteiger partial charge in [0.2, 0.25) is 0 Å². The second-order valence-electron chi connectivity index (χ2n) is 10.1. The van der Waals surface area contributed by atoms with Crippen LogP contribution in [0.5, 0.6) is 17.2 Å². The number of nitrogens with one attached hydrogen (secondary N) is 1. The summed E-state index contributed by atoms with van der Waals surface area (Å²) in [5.74, 6) is 1.77. The van der Waals surface area contributed by atoms with E-state index in [9.17, 15) is 9.59 Å². The molecule has 4 rings (SSSR count). The number of fused-ring (bicyclic) bond motifs is 1. The zero-order valence-electron chi connectivity index (χ0n) is 22.8. The first kappa shape index (κ1) is 27.0. The number of amides is 2. The number of benzene rings is 3. The SMILES string of the molecule is CCC(C)(C)c1ccc2c(c1)N(Cc1cccc(C(=O)NCCc3ccc(OC)c(OC)c3)c1)C(=O)CO2. The number of carbonyl (C=O) groups excluding carboxylic acids is 2. The topological polar surface area (TPSA) is 77.1 Å². The summed E-state index contributed by atoms with van der Waals surface area (Å²) >= 11 is 0. The lowest BCUT2D eigenvalue weighted by molar-refractivity contribution is -0.121. The number of hydrogen-bond donors (Lipinski definition) is 1. The molecule has 0 aromatic heterocycles. The van der Waals surface area contributed by atoms with Crippen molar-refractivity contribution in [2.45, 2.75) is 45.6 Å². The van der Waals surface area contributed by atoms with Crippen molar-refractivity contribution in [1.82, 2.24) is 5.32 Å². The van der Waals surface area contributed by atoms with Crippen molar-refractivity contribution >= 4 is 17.5 Å². The maximum atomic E-state index is 12.9. The molecule has 1 N–H and O–H groups in total. The van der Waals surface area contributed by atoms with Crippen molar-refractivity contribution in [2.75, 3.05) is 32.3 Å². The van der Waals surface area contributed by atoms with Crippen LogP contribution in [0.2, 0.25) is 0 Å². The smallest absolute Gasteiger partial charge is 0.265 e.